The molecule has 0 aromatic rings. The molecule has 1 heterocycles. The monoisotopic (exact) mass is 442 g/mol. The number of carbonyl (C=O) groups excluding carboxylic acids is 2. The Labute approximate surface area is 166 Å². The van der Waals surface area contributed by atoms with Crippen LogP contribution in [0.5, 0.6) is 0 Å². The normalized spacial score (nSPS) is 18.0. The lowest BCUT2D eigenvalue weighted by molar-refractivity contribution is -0.139. The zero-order valence-electron chi connectivity index (χ0n) is 17.3. The van der Waals surface area contributed by atoms with Crippen LogP contribution in [0.4, 0.5) is 0 Å². The number of hydrogen-bond donors (Lipinski definition) is 0. The van der Waals surface area contributed by atoms with E-state index in [1.165, 1.54) is 16.7 Å². The molecular formula is C16H32N2O8P2. The molecule has 1 unspecified atom stereocenters. The fourth-order valence-corrected chi connectivity index (χ4v) is 6.51. The van der Waals surface area contributed by atoms with E-state index in [1.807, 2.05) is 0 Å². The van der Waals surface area contributed by atoms with Gasteiger partial charge in [0.15, 0.2) is 0 Å². The number of hydrogen-bond acceptors (Lipinski definition) is 8. The Hall–Kier alpha value is -0.760. The smallest absolute Gasteiger partial charge is 0.329 e. The summed E-state index contributed by atoms with van der Waals surface area (Å²) in [5.74, 6) is -0.813. The lowest BCUT2D eigenvalue weighted by Gasteiger charge is -2.30. The minimum absolute atomic E-state index is 0.152. The molecule has 28 heavy (non-hydrogen) atoms. The van der Waals surface area contributed by atoms with E-state index in [1.54, 1.807) is 27.7 Å². The van der Waals surface area contributed by atoms with Crippen LogP contribution in [0.1, 0.15) is 41.0 Å². The predicted octanol–water partition coefficient (Wildman–Crippen LogP) is 2.88. The Bertz CT molecular complexity index is 610. The molecule has 2 amide bonds. The van der Waals surface area contributed by atoms with Crippen LogP contribution < -0.4 is 0 Å². The van der Waals surface area contributed by atoms with E-state index >= 15 is 0 Å². The molecule has 1 saturated heterocycles. The molecule has 0 spiro atoms. The Kier molecular flexibility index (Phi) is 10.3. The first kappa shape index (κ1) is 25.3. The van der Waals surface area contributed by atoms with Crippen molar-refractivity contribution >= 4 is 27.0 Å². The summed E-state index contributed by atoms with van der Waals surface area (Å²) in [7, 11) is -7.01. The molecule has 1 aliphatic heterocycles. The fraction of sp³-hybridized carbons (Fsp3) is 0.875. The summed E-state index contributed by atoms with van der Waals surface area (Å²) in [4.78, 5) is 27.6. The van der Waals surface area contributed by atoms with Crippen LogP contribution in [-0.2, 0) is 36.8 Å². The molecule has 0 radical (unpaired) electrons. The lowest BCUT2D eigenvalue weighted by atomic mass is 10.2. The molecule has 1 aliphatic rings. The Morgan fingerprint density at radius 3 is 1.89 bits per heavy atom. The number of carbonyl (C=O) groups is 2. The van der Waals surface area contributed by atoms with Crippen LogP contribution in [0.3, 0.4) is 0 Å². The standard InChI is InChI=1S/C16H32N2O8P2/c1-6-23-27(21,24-7-2)12-17-11-10-15(16(17)20)18(14(5)19)13-28(22,25-8-3)26-9-4/h15H,6-13H2,1-5H3. The summed E-state index contributed by atoms with van der Waals surface area (Å²) in [5, 5.41) is 0. The van der Waals surface area contributed by atoms with Gasteiger partial charge in [0.25, 0.3) is 0 Å². The number of amides is 2. The zero-order valence-corrected chi connectivity index (χ0v) is 19.1. The SMILES string of the molecule is CCOP(=O)(CN1CCC(N(CP(=O)(OCC)OCC)C(C)=O)C1=O)OCC. The van der Waals surface area contributed by atoms with Crippen molar-refractivity contribution in [2.45, 2.75) is 47.1 Å². The van der Waals surface area contributed by atoms with Crippen molar-refractivity contribution in [2.24, 2.45) is 0 Å². The summed E-state index contributed by atoms with van der Waals surface area (Å²) in [6, 6.07) is -0.830. The topological polar surface area (TPSA) is 112 Å². The van der Waals surface area contributed by atoms with Gasteiger partial charge in [0.1, 0.15) is 18.6 Å². The first-order chi connectivity index (χ1) is 13.1. The summed E-state index contributed by atoms with van der Waals surface area (Å²) in [6.45, 7) is 8.99. The third-order valence-corrected chi connectivity index (χ3v) is 7.97. The average molecular weight is 442 g/mol. The molecule has 0 bridgehead atoms. The minimum atomic E-state index is -3.56. The van der Waals surface area contributed by atoms with Crippen molar-refractivity contribution in [3.63, 3.8) is 0 Å². The van der Waals surface area contributed by atoms with Gasteiger partial charge in [-0.1, -0.05) is 0 Å². The number of likely N-dealkylation sites (tertiary alicyclic amines) is 1. The molecule has 0 N–H and O–H groups in total. The van der Waals surface area contributed by atoms with Gasteiger partial charge in [0.2, 0.25) is 11.8 Å². The van der Waals surface area contributed by atoms with Crippen molar-refractivity contribution in [3.05, 3.63) is 0 Å². The van der Waals surface area contributed by atoms with Crippen molar-refractivity contribution in [2.75, 3.05) is 45.5 Å². The summed E-state index contributed by atoms with van der Waals surface area (Å²) in [6.07, 6.45) is -0.192. The van der Waals surface area contributed by atoms with Crippen LogP contribution in [0.2, 0.25) is 0 Å². The Morgan fingerprint density at radius 2 is 1.46 bits per heavy atom. The maximum Gasteiger partial charge on any atom is 0.349 e. The highest BCUT2D eigenvalue weighted by molar-refractivity contribution is 7.54. The number of nitrogens with zero attached hydrogens (tertiary/aromatic N) is 2. The summed E-state index contributed by atoms with van der Waals surface area (Å²) < 4.78 is 46.5. The fourth-order valence-electron chi connectivity index (χ4n) is 2.99. The van der Waals surface area contributed by atoms with E-state index in [-0.39, 0.29) is 45.5 Å². The highest BCUT2D eigenvalue weighted by atomic mass is 31.2. The molecule has 10 nitrogen and oxygen atoms in total. The quantitative estimate of drug-likeness (QED) is 0.400. The van der Waals surface area contributed by atoms with Crippen LogP contribution in [0.25, 0.3) is 0 Å². The first-order valence-electron chi connectivity index (χ1n) is 9.47. The second-order valence-corrected chi connectivity index (χ2v) is 10.1. The lowest BCUT2D eigenvalue weighted by Crippen LogP contribution is -2.45. The van der Waals surface area contributed by atoms with Gasteiger partial charge >= 0.3 is 15.2 Å². The molecule has 0 aliphatic carbocycles. The third kappa shape index (κ3) is 6.94. The van der Waals surface area contributed by atoms with E-state index in [0.717, 1.165) is 0 Å². The van der Waals surface area contributed by atoms with Crippen molar-refractivity contribution < 1.29 is 36.8 Å². The predicted molar refractivity (Wildman–Crippen MR) is 104 cm³/mol. The van der Waals surface area contributed by atoms with Gasteiger partial charge in [0, 0.05) is 13.5 Å². The molecule has 0 saturated carbocycles. The van der Waals surface area contributed by atoms with Crippen molar-refractivity contribution in [3.8, 4) is 0 Å². The van der Waals surface area contributed by atoms with Crippen molar-refractivity contribution in [1.29, 1.82) is 0 Å². The molecule has 0 aromatic heterocycles. The van der Waals surface area contributed by atoms with Gasteiger partial charge in [-0.3, -0.25) is 18.7 Å². The Balaban J connectivity index is 2.96. The van der Waals surface area contributed by atoms with Crippen molar-refractivity contribution in [1.82, 2.24) is 9.80 Å². The zero-order chi connectivity index (χ0) is 21.4. The van der Waals surface area contributed by atoms with Gasteiger partial charge in [-0.25, -0.2) is 0 Å². The molecule has 1 rings (SSSR count). The second kappa shape index (κ2) is 11.4. The van der Waals surface area contributed by atoms with E-state index in [0.29, 0.717) is 6.42 Å². The van der Waals surface area contributed by atoms with E-state index in [4.69, 9.17) is 18.1 Å². The Morgan fingerprint density at radius 1 is 1.00 bits per heavy atom. The first-order valence-corrected chi connectivity index (χ1v) is 12.9. The van der Waals surface area contributed by atoms with E-state index in [2.05, 4.69) is 0 Å². The maximum atomic E-state index is 12.9. The third-order valence-electron chi connectivity index (χ3n) is 4.02. The molecule has 1 atom stereocenters. The van der Waals surface area contributed by atoms with Crippen LogP contribution >= 0.6 is 15.2 Å². The van der Waals surface area contributed by atoms with Crippen LogP contribution in [0.15, 0.2) is 0 Å². The second-order valence-electron chi connectivity index (χ2n) is 6.07. The largest absolute Gasteiger partial charge is 0.349 e. The van der Waals surface area contributed by atoms with Gasteiger partial charge < -0.3 is 27.9 Å². The maximum absolute atomic E-state index is 12.9. The van der Waals surface area contributed by atoms with Gasteiger partial charge in [-0.05, 0) is 34.1 Å². The van der Waals surface area contributed by atoms with E-state index < -0.39 is 33.0 Å². The molecular weight excluding hydrogens is 410 g/mol. The average Bonchev–Trinajstić information content (AvgIpc) is 2.93. The van der Waals surface area contributed by atoms with E-state index in [9.17, 15) is 18.7 Å². The number of rotatable bonds is 13. The minimum Gasteiger partial charge on any atom is -0.329 e. The molecule has 0 aromatic carbocycles. The highest BCUT2D eigenvalue weighted by Gasteiger charge is 2.43. The summed E-state index contributed by atoms with van der Waals surface area (Å²) in [5.41, 5.74) is 0. The summed E-state index contributed by atoms with van der Waals surface area (Å²) >= 11 is 0. The van der Waals surface area contributed by atoms with Crippen LogP contribution in [0, 0.1) is 0 Å². The molecule has 12 heteroatoms. The molecule has 164 valence electrons. The highest BCUT2D eigenvalue weighted by Crippen LogP contribution is 2.51. The van der Waals surface area contributed by atoms with Gasteiger partial charge in [-0.15, -0.1) is 0 Å². The molecule has 1 fully saturated rings. The van der Waals surface area contributed by atoms with Gasteiger partial charge in [-0.2, -0.15) is 0 Å². The van der Waals surface area contributed by atoms with Crippen LogP contribution in [-0.4, -0.2) is 73.2 Å². The van der Waals surface area contributed by atoms with Gasteiger partial charge in [0.05, 0.1) is 26.4 Å².